The summed E-state index contributed by atoms with van der Waals surface area (Å²) < 4.78 is 4.15. The molecule has 0 fully saturated rings. The molecule has 0 unspecified atom stereocenters. The highest BCUT2D eigenvalue weighted by Gasteiger charge is 2.12. The smallest absolute Gasteiger partial charge is 0.211 e. The average Bonchev–Trinajstić information content (AvgIpc) is 3.10. The first-order chi connectivity index (χ1) is 11.2. The van der Waals surface area contributed by atoms with Gasteiger partial charge in [0.1, 0.15) is 0 Å². The monoisotopic (exact) mass is 327 g/mol. The normalized spacial score (nSPS) is 11.8. The van der Waals surface area contributed by atoms with Gasteiger partial charge < -0.3 is 4.57 Å². The van der Waals surface area contributed by atoms with Crippen LogP contribution in [0.4, 0.5) is 0 Å². The fraction of sp³-hybridized carbons (Fsp3) is 0.353. The average molecular weight is 327 g/mol. The van der Waals surface area contributed by atoms with E-state index >= 15 is 0 Å². The van der Waals surface area contributed by atoms with Crippen LogP contribution in [0.25, 0.3) is 10.9 Å². The first kappa shape index (κ1) is 15.8. The van der Waals surface area contributed by atoms with Gasteiger partial charge in [-0.15, -0.1) is 10.2 Å². The van der Waals surface area contributed by atoms with Gasteiger partial charge >= 0.3 is 0 Å². The Labute approximate surface area is 140 Å². The molecule has 3 aromatic rings. The molecule has 0 spiro atoms. The Morgan fingerprint density at radius 2 is 2.00 bits per heavy atom. The van der Waals surface area contributed by atoms with Crippen LogP contribution in [0.1, 0.15) is 30.9 Å². The molecule has 0 aliphatic rings. The minimum Gasteiger partial charge on any atom is -0.344 e. The predicted octanol–water partition coefficient (Wildman–Crippen LogP) is 3.73. The highest BCUT2D eigenvalue weighted by Crippen LogP contribution is 2.24. The number of thioether (sulfide) groups is 1. The molecule has 0 radical (unpaired) electrons. The van der Waals surface area contributed by atoms with Crippen LogP contribution in [0, 0.1) is 6.92 Å². The van der Waals surface area contributed by atoms with Crippen molar-refractivity contribution >= 4 is 28.9 Å². The molecule has 0 amide bonds. The second-order valence-corrected chi connectivity index (χ2v) is 6.05. The molecule has 0 bridgehead atoms. The van der Waals surface area contributed by atoms with Crippen molar-refractivity contribution in [3.63, 3.8) is 0 Å². The molecule has 2 aromatic heterocycles. The lowest BCUT2D eigenvalue weighted by atomic mass is 10.1. The molecule has 120 valence electrons. The number of hydrogen-bond acceptors (Lipinski definition) is 4. The minimum atomic E-state index is 0.806. The number of nitrogens with zero attached hydrogens (tertiary/aromatic N) is 5. The van der Waals surface area contributed by atoms with Gasteiger partial charge in [-0.3, -0.25) is 0 Å². The summed E-state index contributed by atoms with van der Waals surface area (Å²) in [5.74, 6) is 0.877. The first-order valence-corrected chi connectivity index (χ1v) is 9.04. The standard InChI is InChI=1S/C17H21N5S/c1-5-16-19-20-17(23-4)22(16)18-11-14-12(3)21(6-2)15-10-8-7-9-13(14)15/h7-11H,5-6H2,1-4H3/b18-11-. The third-order valence-electron chi connectivity index (χ3n) is 4.07. The Bertz CT molecular complexity index is 838. The predicted molar refractivity (Wildman–Crippen MR) is 96.5 cm³/mol. The molecular weight excluding hydrogens is 306 g/mol. The molecule has 6 heteroatoms. The third kappa shape index (κ3) is 2.67. The molecule has 0 aliphatic heterocycles. The lowest BCUT2D eigenvalue weighted by Gasteiger charge is -2.03. The lowest BCUT2D eigenvalue weighted by Crippen LogP contribution is -2.00. The fourth-order valence-corrected chi connectivity index (χ4v) is 3.35. The Kier molecular flexibility index (Phi) is 4.52. The van der Waals surface area contributed by atoms with Crippen LogP contribution >= 0.6 is 11.8 Å². The van der Waals surface area contributed by atoms with E-state index in [4.69, 9.17) is 0 Å². The molecule has 1 aromatic carbocycles. The van der Waals surface area contributed by atoms with Crippen LogP contribution in [0.15, 0.2) is 34.5 Å². The van der Waals surface area contributed by atoms with Crippen LogP contribution in [0.5, 0.6) is 0 Å². The Balaban J connectivity index is 2.12. The van der Waals surface area contributed by atoms with Crippen LogP contribution < -0.4 is 0 Å². The maximum absolute atomic E-state index is 4.67. The topological polar surface area (TPSA) is 48.0 Å². The lowest BCUT2D eigenvalue weighted by molar-refractivity contribution is 0.722. The molecule has 0 N–H and O–H groups in total. The van der Waals surface area contributed by atoms with Crippen molar-refractivity contribution in [1.82, 2.24) is 19.4 Å². The number of hydrogen-bond donors (Lipinski definition) is 0. The van der Waals surface area contributed by atoms with Gasteiger partial charge in [-0.2, -0.15) is 9.78 Å². The zero-order chi connectivity index (χ0) is 16.4. The first-order valence-electron chi connectivity index (χ1n) is 7.81. The zero-order valence-corrected chi connectivity index (χ0v) is 14.8. The summed E-state index contributed by atoms with van der Waals surface area (Å²) in [5, 5.41) is 15.1. The quantitative estimate of drug-likeness (QED) is 0.530. The number of fused-ring (bicyclic) bond motifs is 1. The van der Waals surface area contributed by atoms with Crippen LogP contribution in [0.3, 0.4) is 0 Å². The Hall–Kier alpha value is -2.08. The van der Waals surface area contributed by atoms with Crippen LogP contribution in [-0.4, -0.2) is 31.9 Å². The second kappa shape index (κ2) is 6.58. The van der Waals surface area contributed by atoms with Crippen molar-refractivity contribution in [3.05, 3.63) is 41.3 Å². The number of benzene rings is 1. The highest BCUT2D eigenvalue weighted by molar-refractivity contribution is 7.98. The summed E-state index contributed by atoms with van der Waals surface area (Å²) in [6.07, 6.45) is 4.73. The van der Waals surface area contributed by atoms with Crippen molar-refractivity contribution in [2.24, 2.45) is 5.10 Å². The largest absolute Gasteiger partial charge is 0.344 e. The molecule has 0 aliphatic carbocycles. The fourth-order valence-electron chi connectivity index (χ4n) is 2.90. The number of aromatic nitrogens is 4. The summed E-state index contributed by atoms with van der Waals surface area (Å²) in [4.78, 5) is 0. The van der Waals surface area contributed by atoms with Gasteiger partial charge in [-0.05, 0) is 26.2 Å². The molecular formula is C17H21N5S. The zero-order valence-electron chi connectivity index (χ0n) is 13.9. The molecule has 5 nitrogen and oxygen atoms in total. The van der Waals surface area contributed by atoms with E-state index in [1.165, 1.54) is 16.6 Å². The molecule has 0 atom stereocenters. The van der Waals surface area contributed by atoms with E-state index in [1.807, 2.05) is 17.1 Å². The number of aryl methyl sites for hydroxylation is 2. The van der Waals surface area contributed by atoms with E-state index < -0.39 is 0 Å². The van der Waals surface area contributed by atoms with Crippen molar-refractivity contribution in [1.29, 1.82) is 0 Å². The van der Waals surface area contributed by atoms with Crippen molar-refractivity contribution in [2.75, 3.05) is 6.26 Å². The third-order valence-corrected chi connectivity index (χ3v) is 4.69. The Morgan fingerprint density at radius 1 is 1.22 bits per heavy atom. The van der Waals surface area contributed by atoms with Gasteiger partial charge in [0.05, 0.1) is 6.21 Å². The Morgan fingerprint density at radius 3 is 2.70 bits per heavy atom. The van der Waals surface area contributed by atoms with Crippen molar-refractivity contribution in [2.45, 2.75) is 38.9 Å². The van der Waals surface area contributed by atoms with Gasteiger partial charge in [0, 0.05) is 35.1 Å². The summed E-state index contributed by atoms with van der Waals surface area (Å²) in [6, 6.07) is 8.46. The van der Waals surface area contributed by atoms with Crippen molar-refractivity contribution in [3.8, 4) is 0 Å². The van der Waals surface area contributed by atoms with Crippen LogP contribution in [0.2, 0.25) is 0 Å². The van der Waals surface area contributed by atoms with Crippen LogP contribution in [-0.2, 0) is 13.0 Å². The van der Waals surface area contributed by atoms with E-state index in [0.29, 0.717) is 0 Å². The maximum Gasteiger partial charge on any atom is 0.211 e. The van der Waals surface area contributed by atoms with E-state index in [2.05, 4.69) is 64.9 Å². The summed E-state index contributed by atoms with van der Waals surface area (Å²) in [7, 11) is 0. The van der Waals surface area contributed by atoms with E-state index in [0.717, 1.165) is 29.5 Å². The number of rotatable bonds is 5. The maximum atomic E-state index is 4.67. The summed E-state index contributed by atoms with van der Waals surface area (Å²) >= 11 is 1.55. The van der Waals surface area contributed by atoms with Gasteiger partial charge in [-0.1, -0.05) is 36.9 Å². The highest BCUT2D eigenvalue weighted by atomic mass is 32.2. The van der Waals surface area contributed by atoms with Gasteiger partial charge in [0.15, 0.2) is 5.82 Å². The van der Waals surface area contributed by atoms with Crippen molar-refractivity contribution < 1.29 is 0 Å². The van der Waals surface area contributed by atoms with E-state index in [9.17, 15) is 0 Å². The molecule has 0 saturated carbocycles. The minimum absolute atomic E-state index is 0.806. The number of para-hydroxylation sites is 1. The molecule has 0 saturated heterocycles. The SMILES string of the molecule is CCc1nnc(SC)n1/N=C\c1c(C)n(CC)c2ccccc12. The summed E-state index contributed by atoms with van der Waals surface area (Å²) in [6.45, 7) is 7.33. The van der Waals surface area contributed by atoms with Gasteiger partial charge in [0.25, 0.3) is 0 Å². The van der Waals surface area contributed by atoms with Gasteiger partial charge in [-0.25, -0.2) is 0 Å². The molecule has 23 heavy (non-hydrogen) atoms. The van der Waals surface area contributed by atoms with E-state index in [1.54, 1.807) is 11.8 Å². The summed E-state index contributed by atoms with van der Waals surface area (Å²) in [5.41, 5.74) is 3.64. The molecule has 3 rings (SSSR count). The molecule has 2 heterocycles. The van der Waals surface area contributed by atoms with Gasteiger partial charge in [0.2, 0.25) is 5.16 Å². The van der Waals surface area contributed by atoms with E-state index in [-0.39, 0.29) is 0 Å². The second-order valence-electron chi connectivity index (χ2n) is 5.27.